The van der Waals surface area contributed by atoms with Gasteiger partial charge < -0.3 is 10.9 Å². The summed E-state index contributed by atoms with van der Waals surface area (Å²) in [6.07, 6.45) is 0. The second kappa shape index (κ2) is 3.91. The maximum Gasteiger partial charge on any atom is 0.335 e. The molecule has 0 saturated heterocycles. The molecular formula is C10H12N2O2. The Hall–Kier alpha value is -1.84. The van der Waals surface area contributed by atoms with E-state index in [0.717, 1.165) is 11.1 Å². The molecule has 1 rings (SSSR count). The monoisotopic (exact) mass is 192 g/mol. The predicted octanol–water partition coefficient (Wildman–Crippen LogP) is 1.38. The highest BCUT2D eigenvalue weighted by atomic mass is 16.4. The molecule has 0 spiro atoms. The van der Waals surface area contributed by atoms with Crippen molar-refractivity contribution in [1.29, 1.82) is 0 Å². The van der Waals surface area contributed by atoms with E-state index in [9.17, 15) is 4.79 Å². The molecule has 0 aromatic heterocycles. The minimum Gasteiger partial charge on any atom is -0.478 e. The molecule has 1 aromatic rings. The van der Waals surface area contributed by atoms with Crippen molar-refractivity contribution in [1.82, 2.24) is 0 Å². The summed E-state index contributed by atoms with van der Waals surface area (Å²) in [5.41, 5.74) is 2.60. The van der Waals surface area contributed by atoms with Crippen LogP contribution in [0.3, 0.4) is 0 Å². The largest absolute Gasteiger partial charge is 0.478 e. The number of hydrazone groups is 1. The van der Waals surface area contributed by atoms with Gasteiger partial charge in [0.25, 0.3) is 0 Å². The van der Waals surface area contributed by atoms with Gasteiger partial charge in [-0.15, -0.1) is 0 Å². The average Bonchev–Trinajstić information content (AvgIpc) is 2.17. The maximum atomic E-state index is 10.7. The van der Waals surface area contributed by atoms with Crippen LogP contribution < -0.4 is 5.84 Å². The molecule has 1 aromatic carbocycles. The molecule has 0 aliphatic carbocycles. The highest BCUT2D eigenvalue weighted by Gasteiger charge is 2.07. The molecule has 0 atom stereocenters. The number of nitrogens with zero attached hydrogens (tertiary/aromatic N) is 1. The lowest BCUT2D eigenvalue weighted by Crippen LogP contribution is -2.05. The van der Waals surface area contributed by atoms with Crippen molar-refractivity contribution in [2.75, 3.05) is 0 Å². The number of benzene rings is 1. The van der Waals surface area contributed by atoms with E-state index in [0.29, 0.717) is 5.71 Å². The smallest absolute Gasteiger partial charge is 0.335 e. The highest BCUT2D eigenvalue weighted by molar-refractivity contribution is 6.01. The van der Waals surface area contributed by atoms with E-state index >= 15 is 0 Å². The zero-order valence-electron chi connectivity index (χ0n) is 8.11. The Kier molecular flexibility index (Phi) is 2.86. The van der Waals surface area contributed by atoms with E-state index in [2.05, 4.69) is 5.10 Å². The number of carbonyl (C=O) groups is 1. The molecule has 0 bridgehead atoms. The molecule has 0 unspecified atom stereocenters. The number of hydrogen-bond acceptors (Lipinski definition) is 3. The molecule has 4 heteroatoms. The van der Waals surface area contributed by atoms with Gasteiger partial charge in [-0.3, -0.25) is 0 Å². The van der Waals surface area contributed by atoms with Crippen molar-refractivity contribution in [2.24, 2.45) is 10.9 Å². The first-order valence-electron chi connectivity index (χ1n) is 4.15. The van der Waals surface area contributed by atoms with Crippen molar-refractivity contribution in [3.8, 4) is 0 Å². The van der Waals surface area contributed by atoms with Crippen LogP contribution >= 0.6 is 0 Å². The van der Waals surface area contributed by atoms with Gasteiger partial charge in [-0.25, -0.2) is 4.79 Å². The fourth-order valence-corrected chi connectivity index (χ4v) is 1.21. The summed E-state index contributed by atoms with van der Waals surface area (Å²) in [7, 11) is 0. The lowest BCUT2D eigenvalue weighted by atomic mass is 10.0. The van der Waals surface area contributed by atoms with Crippen molar-refractivity contribution in [3.05, 3.63) is 34.9 Å². The van der Waals surface area contributed by atoms with E-state index in [-0.39, 0.29) is 5.56 Å². The molecule has 0 fully saturated rings. The van der Waals surface area contributed by atoms with E-state index in [1.807, 2.05) is 6.92 Å². The zero-order valence-corrected chi connectivity index (χ0v) is 8.11. The Bertz CT molecular complexity index is 397. The summed E-state index contributed by atoms with van der Waals surface area (Å²) in [4.78, 5) is 10.7. The number of aryl methyl sites for hydroxylation is 1. The van der Waals surface area contributed by atoms with Gasteiger partial charge in [0.2, 0.25) is 0 Å². The SMILES string of the molecule is C/C(=N/N)c1cc(C(=O)O)ccc1C. The van der Waals surface area contributed by atoms with Crippen molar-refractivity contribution in [2.45, 2.75) is 13.8 Å². The lowest BCUT2D eigenvalue weighted by Gasteiger charge is -2.05. The van der Waals surface area contributed by atoms with Crippen LogP contribution in [0.2, 0.25) is 0 Å². The van der Waals surface area contributed by atoms with Gasteiger partial charge in [-0.2, -0.15) is 5.10 Å². The summed E-state index contributed by atoms with van der Waals surface area (Å²) in [6, 6.07) is 4.88. The Morgan fingerprint density at radius 2 is 2.14 bits per heavy atom. The fraction of sp³-hybridized carbons (Fsp3) is 0.200. The molecular weight excluding hydrogens is 180 g/mol. The van der Waals surface area contributed by atoms with Crippen LogP contribution in [0.25, 0.3) is 0 Å². The summed E-state index contributed by atoms with van der Waals surface area (Å²) >= 11 is 0. The van der Waals surface area contributed by atoms with Crippen LogP contribution in [0.15, 0.2) is 23.3 Å². The number of rotatable bonds is 2. The third-order valence-corrected chi connectivity index (χ3v) is 2.07. The van der Waals surface area contributed by atoms with Crippen LogP contribution in [0.5, 0.6) is 0 Å². The number of nitrogens with two attached hydrogens (primary N) is 1. The van der Waals surface area contributed by atoms with E-state index < -0.39 is 5.97 Å². The Morgan fingerprint density at radius 1 is 1.50 bits per heavy atom. The second-order valence-electron chi connectivity index (χ2n) is 3.05. The van der Waals surface area contributed by atoms with Crippen molar-refractivity contribution >= 4 is 11.7 Å². The number of aromatic carboxylic acids is 1. The van der Waals surface area contributed by atoms with E-state index in [4.69, 9.17) is 10.9 Å². The quantitative estimate of drug-likeness (QED) is 0.422. The van der Waals surface area contributed by atoms with Crippen LogP contribution in [0.4, 0.5) is 0 Å². The van der Waals surface area contributed by atoms with E-state index in [1.165, 1.54) is 0 Å². The third kappa shape index (κ3) is 1.90. The minimum absolute atomic E-state index is 0.244. The average molecular weight is 192 g/mol. The summed E-state index contributed by atoms with van der Waals surface area (Å²) in [5, 5.41) is 12.3. The predicted molar refractivity (Wildman–Crippen MR) is 54.5 cm³/mol. The first-order chi connectivity index (χ1) is 6.56. The van der Waals surface area contributed by atoms with Gasteiger partial charge in [0.1, 0.15) is 0 Å². The topological polar surface area (TPSA) is 75.7 Å². The molecule has 4 nitrogen and oxygen atoms in total. The molecule has 14 heavy (non-hydrogen) atoms. The van der Waals surface area contributed by atoms with Gasteiger partial charge in [0.05, 0.1) is 11.3 Å². The van der Waals surface area contributed by atoms with Gasteiger partial charge in [0.15, 0.2) is 0 Å². The normalized spacial score (nSPS) is 11.4. The molecule has 0 aliphatic heterocycles. The summed E-state index contributed by atoms with van der Waals surface area (Å²) in [6.45, 7) is 3.63. The summed E-state index contributed by atoms with van der Waals surface area (Å²) in [5.74, 6) is 4.19. The molecule has 0 amide bonds. The molecule has 0 radical (unpaired) electrons. The first kappa shape index (κ1) is 10.2. The molecule has 0 saturated carbocycles. The van der Waals surface area contributed by atoms with Crippen LogP contribution in [0, 0.1) is 6.92 Å². The van der Waals surface area contributed by atoms with Crippen LogP contribution in [-0.2, 0) is 0 Å². The fourth-order valence-electron chi connectivity index (χ4n) is 1.21. The first-order valence-corrected chi connectivity index (χ1v) is 4.15. The highest BCUT2D eigenvalue weighted by Crippen LogP contribution is 2.12. The van der Waals surface area contributed by atoms with Crippen molar-refractivity contribution in [3.63, 3.8) is 0 Å². The summed E-state index contributed by atoms with van der Waals surface area (Å²) < 4.78 is 0. The maximum absolute atomic E-state index is 10.7. The number of carboxylic acid groups (broad SMARTS) is 1. The standard InChI is InChI=1S/C10H12N2O2/c1-6-3-4-8(10(13)14)5-9(6)7(2)12-11/h3-5H,11H2,1-2H3,(H,13,14)/b12-7-. The van der Waals surface area contributed by atoms with E-state index in [1.54, 1.807) is 25.1 Å². The zero-order chi connectivity index (χ0) is 10.7. The van der Waals surface area contributed by atoms with Gasteiger partial charge in [0, 0.05) is 5.56 Å². The molecule has 74 valence electrons. The van der Waals surface area contributed by atoms with Gasteiger partial charge in [-0.05, 0) is 31.5 Å². The lowest BCUT2D eigenvalue weighted by molar-refractivity contribution is 0.0697. The molecule has 0 aliphatic rings. The van der Waals surface area contributed by atoms with Crippen LogP contribution in [0.1, 0.15) is 28.4 Å². The Morgan fingerprint density at radius 3 is 2.64 bits per heavy atom. The van der Waals surface area contributed by atoms with Crippen molar-refractivity contribution < 1.29 is 9.90 Å². The second-order valence-corrected chi connectivity index (χ2v) is 3.05. The molecule has 3 N–H and O–H groups in total. The van der Waals surface area contributed by atoms with Gasteiger partial charge in [-0.1, -0.05) is 6.07 Å². The molecule has 0 heterocycles. The number of carboxylic acids is 1. The third-order valence-electron chi connectivity index (χ3n) is 2.07. The minimum atomic E-state index is -0.948. The Labute approximate surface area is 82.1 Å². The Balaban J connectivity index is 3.28. The van der Waals surface area contributed by atoms with Crippen LogP contribution in [-0.4, -0.2) is 16.8 Å². The number of hydrogen-bond donors (Lipinski definition) is 2. The van der Waals surface area contributed by atoms with Gasteiger partial charge >= 0.3 is 5.97 Å².